The Morgan fingerprint density at radius 1 is 0.778 bits per heavy atom. The summed E-state index contributed by atoms with van der Waals surface area (Å²) in [5.74, 6) is 9.09. The molecule has 8 rings (SSSR count). The maximum Gasteiger partial charge on any atom is 0.00901 e. The van der Waals surface area contributed by atoms with Crippen LogP contribution in [0.5, 0.6) is 0 Å². The van der Waals surface area contributed by atoms with Gasteiger partial charge in [-0.15, -0.1) is 0 Å². The number of fused-ring (bicyclic) bond motifs is 4. The molecule has 0 aromatic rings. The number of rotatable bonds is 9. The van der Waals surface area contributed by atoms with Gasteiger partial charge in [0.05, 0.1) is 0 Å². The molecular weight excluding hydrogens is 542 g/mol. The van der Waals surface area contributed by atoms with E-state index in [0.717, 1.165) is 70.1 Å². The number of allylic oxidation sites excluding steroid dienone is 1. The van der Waals surface area contributed by atoms with E-state index in [9.17, 15) is 0 Å². The van der Waals surface area contributed by atoms with Crippen molar-refractivity contribution in [2.24, 2.45) is 74.9 Å². The van der Waals surface area contributed by atoms with Gasteiger partial charge in [0.1, 0.15) is 0 Å². The summed E-state index contributed by atoms with van der Waals surface area (Å²) in [5.41, 5.74) is 4.33. The van der Waals surface area contributed by atoms with Gasteiger partial charge in [-0.25, -0.2) is 0 Å². The van der Waals surface area contributed by atoms with E-state index < -0.39 is 0 Å². The molecule has 8 fully saturated rings. The summed E-state index contributed by atoms with van der Waals surface area (Å²) in [6.45, 7) is 20.6. The first-order valence-corrected chi connectivity index (χ1v) is 21.1. The molecule has 0 aromatic carbocycles. The van der Waals surface area contributed by atoms with E-state index in [1.54, 1.807) is 69.8 Å². The highest BCUT2D eigenvalue weighted by Crippen LogP contribution is 2.88. The Kier molecular flexibility index (Phi) is 8.27. The second kappa shape index (κ2) is 11.7. The minimum Gasteiger partial charge on any atom is -0.300 e. The number of nitrogens with zero attached hydrogens (tertiary/aromatic N) is 1. The number of hydrogen-bond donors (Lipinski definition) is 0. The lowest BCUT2D eigenvalue weighted by molar-refractivity contribution is -0.115. The number of hydrogen-bond acceptors (Lipinski definition) is 1. The second-order valence-corrected chi connectivity index (χ2v) is 20.2. The molecule has 2 spiro atoms. The lowest BCUT2D eigenvalue weighted by atomic mass is 9.44. The van der Waals surface area contributed by atoms with Crippen LogP contribution < -0.4 is 0 Å². The molecule has 0 amide bonds. The third kappa shape index (κ3) is 4.89. The molecule has 254 valence electrons. The van der Waals surface area contributed by atoms with E-state index in [1.165, 1.54) is 83.7 Å². The van der Waals surface area contributed by atoms with E-state index in [1.807, 2.05) is 0 Å². The smallest absolute Gasteiger partial charge is 0.00901 e. The fraction of sp³-hybridized carbons (Fsp3) is 0.955. The standard InChI is InChI=1S/C44H73N/c1-7-36(8-2)45-24-10-11-32(28-45)26-35-20-21-44-29-43(44)23-22-42(6)37-17-16-31(15-14-30(3)33-12-9-13-33)25-34(37)27-39(42)38(43)18-19-40(44)41(35,4)5/h31-40H,3,7-29H2,1-2,4-6H3. The van der Waals surface area contributed by atoms with Crippen LogP contribution in [0.1, 0.15) is 169 Å². The van der Waals surface area contributed by atoms with E-state index >= 15 is 0 Å². The summed E-state index contributed by atoms with van der Waals surface area (Å²) in [5, 5.41) is 0. The van der Waals surface area contributed by atoms with E-state index in [0.29, 0.717) is 10.8 Å². The summed E-state index contributed by atoms with van der Waals surface area (Å²) in [6.07, 6.45) is 31.8. The van der Waals surface area contributed by atoms with Gasteiger partial charge in [-0.1, -0.05) is 59.6 Å². The van der Waals surface area contributed by atoms with Crippen LogP contribution in [0.3, 0.4) is 0 Å². The quantitative estimate of drug-likeness (QED) is 0.233. The molecule has 1 saturated heterocycles. The van der Waals surface area contributed by atoms with Crippen molar-refractivity contribution in [2.45, 2.75) is 175 Å². The predicted molar refractivity (Wildman–Crippen MR) is 191 cm³/mol. The first-order chi connectivity index (χ1) is 21.6. The minimum atomic E-state index is 0.547. The van der Waals surface area contributed by atoms with Crippen LogP contribution >= 0.6 is 0 Å². The minimum absolute atomic E-state index is 0.547. The van der Waals surface area contributed by atoms with Crippen LogP contribution in [0.2, 0.25) is 0 Å². The molecule has 1 aliphatic heterocycles. The van der Waals surface area contributed by atoms with Crippen molar-refractivity contribution in [1.29, 1.82) is 0 Å². The van der Waals surface area contributed by atoms with Gasteiger partial charge in [-0.05, 0) is 203 Å². The summed E-state index contributed by atoms with van der Waals surface area (Å²) < 4.78 is 0. The summed E-state index contributed by atoms with van der Waals surface area (Å²) in [7, 11) is 0. The van der Waals surface area contributed by atoms with Crippen molar-refractivity contribution in [2.75, 3.05) is 13.1 Å². The van der Waals surface area contributed by atoms with Gasteiger partial charge < -0.3 is 4.90 Å². The highest BCUT2D eigenvalue weighted by Gasteiger charge is 2.80. The lowest BCUT2D eigenvalue weighted by Crippen LogP contribution is -2.53. The molecule has 0 radical (unpaired) electrons. The Hall–Kier alpha value is -0.300. The largest absolute Gasteiger partial charge is 0.300 e. The summed E-state index contributed by atoms with van der Waals surface area (Å²) in [6, 6.07) is 0.830. The zero-order chi connectivity index (χ0) is 31.2. The first kappa shape index (κ1) is 31.9. The topological polar surface area (TPSA) is 3.24 Å². The highest BCUT2D eigenvalue weighted by atomic mass is 15.2. The first-order valence-electron chi connectivity index (χ1n) is 21.1. The van der Waals surface area contributed by atoms with Gasteiger partial charge in [-0.3, -0.25) is 0 Å². The van der Waals surface area contributed by atoms with Crippen LogP contribution in [0, 0.1) is 74.9 Å². The molecule has 0 aromatic heterocycles. The molecule has 0 N–H and O–H groups in total. The van der Waals surface area contributed by atoms with Crippen molar-refractivity contribution in [3.05, 3.63) is 12.2 Å². The van der Waals surface area contributed by atoms with E-state index in [2.05, 4.69) is 46.1 Å². The van der Waals surface area contributed by atoms with Gasteiger partial charge in [0, 0.05) is 12.6 Å². The summed E-state index contributed by atoms with van der Waals surface area (Å²) >= 11 is 0. The van der Waals surface area contributed by atoms with Crippen molar-refractivity contribution >= 4 is 0 Å². The Morgan fingerprint density at radius 2 is 1.58 bits per heavy atom. The Bertz CT molecular complexity index is 1100. The average Bonchev–Trinajstić information content (AvgIpc) is 3.57. The Labute approximate surface area is 279 Å². The Morgan fingerprint density at radius 3 is 2.33 bits per heavy atom. The molecule has 11 atom stereocenters. The van der Waals surface area contributed by atoms with Crippen LogP contribution in [0.4, 0.5) is 0 Å². The van der Waals surface area contributed by atoms with E-state index in [-0.39, 0.29) is 0 Å². The number of likely N-dealkylation sites (tertiary alicyclic amines) is 1. The van der Waals surface area contributed by atoms with Crippen LogP contribution in [-0.4, -0.2) is 24.0 Å². The monoisotopic (exact) mass is 616 g/mol. The molecule has 1 heterocycles. The molecular formula is C44H73N. The average molecular weight is 616 g/mol. The van der Waals surface area contributed by atoms with Crippen molar-refractivity contribution in [3.8, 4) is 0 Å². The fourth-order valence-electron chi connectivity index (χ4n) is 16.0. The summed E-state index contributed by atoms with van der Waals surface area (Å²) in [4.78, 5) is 2.90. The van der Waals surface area contributed by atoms with Crippen LogP contribution in [-0.2, 0) is 0 Å². The van der Waals surface area contributed by atoms with Gasteiger partial charge in [0.25, 0.3) is 0 Å². The zero-order valence-corrected chi connectivity index (χ0v) is 30.7. The lowest BCUT2D eigenvalue weighted by Gasteiger charge is -2.60. The second-order valence-electron chi connectivity index (χ2n) is 20.2. The van der Waals surface area contributed by atoms with Gasteiger partial charge in [-0.2, -0.15) is 0 Å². The molecule has 8 aliphatic rings. The maximum absolute atomic E-state index is 4.54. The molecule has 7 aliphatic carbocycles. The molecule has 7 saturated carbocycles. The predicted octanol–water partition coefficient (Wildman–Crippen LogP) is 12.1. The third-order valence-electron chi connectivity index (χ3n) is 18.7. The Balaban J connectivity index is 0.926. The van der Waals surface area contributed by atoms with Crippen molar-refractivity contribution in [3.63, 3.8) is 0 Å². The molecule has 11 unspecified atom stereocenters. The van der Waals surface area contributed by atoms with Crippen molar-refractivity contribution in [1.82, 2.24) is 4.90 Å². The molecule has 45 heavy (non-hydrogen) atoms. The van der Waals surface area contributed by atoms with Crippen LogP contribution in [0.25, 0.3) is 0 Å². The normalized spacial score (nSPS) is 48.8. The zero-order valence-electron chi connectivity index (χ0n) is 30.7. The SMILES string of the molecule is C=C(CCC1CCC2C(C1)CC1C3CCC4C(C)(C)C(CC5CCCN(C(CC)CC)C5)CCC45CC35CCC21C)C1CCC1. The molecule has 1 heteroatoms. The van der Waals surface area contributed by atoms with Crippen molar-refractivity contribution < 1.29 is 0 Å². The van der Waals surface area contributed by atoms with Gasteiger partial charge >= 0.3 is 0 Å². The van der Waals surface area contributed by atoms with Gasteiger partial charge in [0.2, 0.25) is 0 Å². The number of piperidine rings is 1. The highest BCUT2D eigenvalue weighted by molar-refractivity contribution is 5.29. The van der Waals surface area contributed by atoms with E-state index in [4.69, 9.17) is 0 Å². The third-order valence-corrected chi connectivity index (χ3v) is 18.7. The molecule has 0 bridgehead atoms. The van der Waals surface area contributed by atoms with Gasteiger partial charge in [0.15, 0.2) is 0 Å². The fourth-order valence-corrected chi connectivity index (χ4v) is 16.0. The molecule has 1 nitrogen and oxygen atoms in total. The maximum atomic E-state index is 4.54. The van der Waals surface area contributed by atoms with Crippen LogP contribution in [0.15, 0.2) is 12.2 Å².